The minimum Gasteiger partial charge on any atom is -0.343 e. The molecule has 1 rings (SSSR count). The van der Waals surface area contributed by atoms with Crippen LogP contribution in [0.4, 0.5) is 13.2 Å². The Morgan fingerprint density at radius 1 is 1.42 bits per heavy atom. The molecule has 2 unspecified atom stereocenters. The van der Waals surface area contributed by atoms with E-state index in [4.69, 9.17) is 4.74 Å². The molecule has 0 spiro atoms. The standard InChI is InChI=1S/C7H11F3O2/c1-5-3-4-11-6(2,12-5)7(8,9)10/h5H,3-4H2,1-2H3. The fraction of sp³-hybridized carbons (Fsp3) is 1.00. The summed E-state index contributed by atoms with van der Waals surface area (Å²) in [5.74, 6) is -2.41. The molecule has 0 bridgehead atoms. The Bertz CT molecular complexity index is 169. The minimum atomic E-state index is -4.46. The van der Waals surface area contributed by atoms with E-state index in [2.05, 4.69) is 4.74 Å². The maximum atomic E-state index is 12.2. The van der Waals surface area contributed by atoms with Crippen LogP contribution in [0.2, 0.25) is 0 Å². The van der Waals surface area contributed by atoms with Gasteiger partial charge in [0.2, 0.25) is 0 Å². The van der Waals surface area contributed by atoms with Gasteiger partial charge in [0, 0.05) is 0 Å². The first-order valence-electron chi connectivity index (χ1n) is 3.74. The molecular formula is C7H11F3O2. The summed E-state index contributed by atoms with van der Waals surface area (Å²) >= 11 is 0. The molecule has 2 nitrogen and oxygen atoms in total. The predicted molar refractivity (Wildman–Crippen MR) is 35.6 cm³/mol. The Labute approximate surface area is 68.6 Å². The summed E-state index contributed by atoms with van der Waals surface area (Å²) in [7, 11) is 0. The first-order valence-corrected chi connectivity index (χ1v) is 3.74. The highest BCUT2D eigenvalue weighted by molar-refractivity contribution is 4.78. The summed E-state index contributed by atoms with van der Waals surface area (Å²) in [5, 5.41) is 0. The topological polar surface area (TPSA) is 18.5 Å². The third-order valence-electron chi connectivity index (χ3n) is 1.84. The molecular weight excluding hydrogens is 173 g/mol. The summed E-state index contributed by atoms with van der Waals surface area (Å²) in [4.78, 5) is 0. The van der Waals surface area contributed by atoms with Crippen LogP contribution in [0.25, 0.3) is 0 Å². The van der Waals surface area contributed by atoms with Crippen molar-refractivity contribution in [3.05, 3.63) is 0 Å². The number of hydrogen-bond acceptors (Lipinski definition) is 2. The molecule has 1 aliphatic rings. The number of ether oxygens (including phenoxy) is 2. The molecule has 0 N–H and O–H groups in total. The number of halogens is 3. The Balaban J connectivity index is 2.70. The van der Waals surface area contributed by atoms with Crippen LogP contribution in [0, 0.1) is 0 Å². The minimum absolute atomic E-state index is 0.0944. The molecule has 1 heterocycles. The number of rotatable bonds is 0. The Kier molecular flexibility index (Phi) is 2.35. The summed E-state index contributed by atoms with van der Waals surface area (Å²) in [6.45, 7) is 2.60. The third-order valence-corrected chi connectivity index (χ3v) is 1.84. The highest BCUT2D eigenvalue weighted by Crippen LogP contribution is 2.37. The smallest absolute Gasteiger partial charge is 0.343 e. The lowest BCUT2D eigenvalue weighted by Gasteiger charge is -2.38. The molecule has 0 aromatic heterocycles. The van der Waals surface area contributed by atoms with Crippen molar-refractivity contribution in [3.63, 3.8) is 0 Å². The second kappa shape index (κ2) is 2.88. The summed E-state index contributed by atoms with van der Waals surface area (Å²) in [6, 6.07) is 0. The van der Waals surface area contributed by atoms with Crippen molar-refractivity contribution in [3.8, 4) is 0 Å². The molecule has 0 saturated carbocycles. The van der Waals surface area contributed by atoms with Crippen molar-refractivity contribution in [1.82, 2.24) is 0 Å². The largest absolute Gasteiger partial charge is 0.442 e. The van der Waals surface area contributed by atoms with Gasteiger partial charge >= 0.3 is 6.18 Å². The van der Waals surface area contributed by atoms with Crippen molar-refractivity contribution in [2.45, 2.75) is 38.3 Å². The highest BCUT2D eigenvalue weighted by Gasteiger charge is 2.56. The average Bonchev–Trinajstić information content (AvgIpc) is 1.83. The van der Waals surface area contributed by atoms with E-state index >= 15 is 0 Å². The Morgan fingerprint density at radius 3 is 2.33 bits per heavy atom. The zero-order chi connectivity index (χ0) is 9.41. The quantitative estimate of drug-likeness (QED) is 0.573. The van der Waals surface area contributed by atoms with E-state index in [1.807, 2.05) is 0 Å². The molecule has 5 heteroatoms. The van der Waals surface area contributed by atoms with Crippen LogP contribution in [0.5, 0.6) is 0 Å². The van der Waals surface area contributed by atoms with Crippen LogP contribution in [0.3, 0.4) is 0 Å². The van der Waals surface area contributed by atoms with Crippen LogP contribution in [0.15, 0.2) is 0 Å². The van der Waals surface area contributed by atoms with Crippen molar-refractivity contribution in [1.29, 1.82) is 0 Å². The van der Waals surface area contributed by atoms with E-state index in [1.165, 1.54) is 0 Å². The lowest BCUT2D eigenvalue weighted by atomic mass is 10.2. The highest BCUT2D eigenvalue weighted by atomic mass is 19.4. The SMILES string of the molecule is CC1CCOC(C)(C(F)(F)F)O1. The van der Waals surface area contributed by atoms with Crippen LogP contribution >= 0.6 is 0 Å². The first kappa shape index (κ1) is 9.80. The maximum Gasteiger partial charge on any atom is 0.442 e. The van der Waals surface area contributed by atoms with Gasteiger partial charge in [-0.05, 0) is 20.3 Å². The molecule has 0 aromatic carbocycles. The van der Waals surface area contributed by atoms with Crippen LogP contribution in [-0.2, 0) is 9.47 Å². The van der Waals surface area contributed by atoms with Gasteiger partial charge in [-0.25, -0.2) is 0 Å². The molecule has 0 amide bonds. The molecule has 1 aliphatic heterocycles. The van der Waals surface area contributed by atoms with E-state index < -0.39 is 18.1 Å². The lowest BCUT2D eigenvalue weighted by Crippen LogP contribution is -2.52. The zero-order valence-corrected chi connectivity index (χ0v) is 6.94. The molecule has 0 aromatic rings. The lowest BCUT2D eigenvalue weighted by molar-refractivity contribution is -0.400. The van der Waals surface area contributed by atoms with Crippen molar-refractivity contribution in [2.24, 2.45) is 0 Å². The molecule has 12 heavy (non-hydrogen) atoms. The van der Waals surface area contributed by atoms with Gasteiger partial charge < -0.3 is 9.47 Å². The van der Waals surface area contributed by atoms with E-state index in [1.54, 1.807) is 6.92 Å². The summed E-state index contributed by atoms with van der Waals surface area (Å²) in [6.07, 6.45) is -4.35. The van der Waals surface area contributed by atoms with Gasteiger partial charge in [0.05, 0.1) is 12.7 Å². The van der Waals surface area contributed by atoms with E-state index in [0.29, 0.717) is 6.42 Å². The Morgan fingerprint density at radius 2 is 2.00 bits per heavy atom. The van der Waals surface area contributed by atoms with Gasteiger partial charge in [0.15, 0.2) is 0 Å². The number of hydrogen-bond donors (Lipinski definition) is 0. The second-order valence-corrected chi connectivity index (χ2v) is 3.01. The van der Waals surface area contributed by atoms with Crippen molar-refractivity contribution in [2.75, 3.05) is 6.61 Å². The van der Waals surface area contributed by atoms with Gasteiger partial charge in [-0.3, -0.25) is 0 Å². The van der Waals surface area contributed by atoms with Gasteiger partial charge in [-0.15, -0.1) is 0 Å². The van der Waals surface area contributed by atoms with Gasteiger partial charge in [-0.1, -0.05) is 0 Å². The molecule has 2 atom stereocenters. The van der Waals surface area contributed by atoms with Crippen LogP contribution < -0.4 is 0 Å². The van der Waals surface area contributed by atoms with Gasteiger partial charge in [-0.2, -0.15) is 13.2 Å². The molecule has 72 valence electrons. The van der Waals surface area contributed by atoms with E-state index in [9.17, 15) is 13.2 Å². The fourth-order valence-corrected chi connectivity index (χ4v) is 1.05. The van der Waals surface area contributed by atoms with Gasteiger partial charge in [0.25, 0.3) is 5.79 Å². The van der Waals surface area contributed by atoms with Crippen LogP contribution in [0.1, 0.15) is 20.3 Å². The molecule has 1 fully saturated rings. The Hall–Kier alpha value is -0.290. The van der Waals surface area contributed by atoms with E-state index in [0.717, 1.165) is 6.92 Å². The number of alkyl halides is 3. The molecule has 0 radical (unpaired) electrons. The zero-order valence-electron chi connectivity index (χ0n) is 6.94. The fourth-order valence-electron chi connectivity index (χ4n) is 1.05. The third kappa shape index (κ3) is 1.72. The molecule has 1 saturated heterocycles. The van der Waals surface area contributed by atoms with Crippen molar-refractivity contribution < 1.29 is 22.6 Å². The van der Waals surface area contributed by atoms with Crippen molar-refractivity contribution >= 4 is 0 Å². The summed E-state index contributed by atoms with van der Waals surface area (Å²) < 4.78 is 46.0. The monoisotopic (exact) mass is 184 g/mol. The summed E-state index contributed by atoms with van der Waals surface area (Å²) in [5.41, 5.74) is 0. The predicted octanol–water partition coefficient (Wildman–Crippen LogP) is 2.09. The first-order chi connectivity index (χ1) is 5.35. The van der Waals surface area contributed by atoms with Gasteiger partial charge in [0.1, 0.15) is 0 Å². The second-order valence-electron chi connectivity index (χ2n) is 3.01. The maximum absolute atomic E-state index is 12.2. The normalized spacial score (nSPS) is 38.2. The average molecular weight is 184 g/mol. The van der Waals surface area contributed by atoms with Crippen LogP contribution in [-0.4, -0.2) is 24.7 Å². The van der Waals surface area contributed by atoms with E-state index in [-0.39, 0.29) is 6.61 Å². The molecule has 0 aliphatic carbocycles.